The molecule has 0 saturated carbocycles. The number of nitrogen functional groups attached to an aromatic ring is 1. The molecule has 0 aromatic carbocycles. The zero-order valence-electron chi connectivity index (χ0n) is 6.90. The van der Waals surface area contributed by atoms with Crippen LogP contribution >= 0.6 is 15.9 Å². The normalized spacial score (nSPS) is 7.46. The van der Waals surface area contributed by atoms with E-state index in [-0.39, 0.29) is 29.6 Å². The Morgan fingerprint density at radius 2 is 2.08 bits per heavy atom. The standard InChI is InChI=1S/C5H5BrN2.CH2O3.Na/c6-4-1-2-5(7)8-3-4;2-1(3)4;/h1-3H,(H2,7,8);(H2,2,3,4);/q;;+1/p-1. The van der Waals surface area contributed by atoms with Gasteiger partial charge in [0, 0.05) is 10.7 Å². The third kappa shape index (κ3) is 11.7. The monoisotopic (exact) mass is 256 g/mol. The molecule has 0 fully saturated rings. The van der Waals surface area contributed by atoms with Crippen molar-refractivity contribution in [2.24, 2.45) is 0 Å². The van der Waals surface area contributed by atoms with Crippen molar-refractivity contribution in [2.75, 3.05) is 5.73 Å². The fourth-order valence-corrected chi connectivity index (χ4v) is 0.622. The summed E-state index contributed by atoms with van der Waals surface area (Å²) in [5, 5.41) is 15.3. The van der Waals surface area contributed by atoms with Crippen molar-refractivity contribution in [2.45, 2.75) is 0 Å². The van der Waals surface area contributed by atoms with Crippen LogP contribution in [0.15, 0.2) is 22.8 Å². The molecule has 0 aliphatic rings. The SMILES string of the molecule is Nc1ccc(Br)cn1.O=C([O-])O.[Na+]. The zero-order valence-corrected chi connectivity index (χ0v) is 10.5. The largest absolute Gasteiger partial charge is 1.00 e. The van der Waals surface area contributed by atoms with Gasteiger partial charge in [0.05, 0.1) is 0 Å². The van der Waals surface area contributed by atoms with Crippen molar-refractivity contribution in [1.82, 2.24) is 4.98 Å². The first kappa shape index (κ1) is 15.2. The van der Waals surface area contributed by atoms with Crippen LogP contribution in [0, 0.1) is 0 Å². The summed E-state index contributed by atoms with van der Waals surface area (Å²) < 4.78 is 0.951. The summed E-state index contributed by atoms with van der Waals surface area (Å²) in [5.74, 6) is 0.549. The third-order valence-corrected chi connectivity index (χ3v) is 1.22. The predicted octanol–water partition coefficient (Wildman–Crippen LogP) is -2.68. The average molecular weight is 257 g/mol. The molecule has 66 valence electrons. The molecular weight excluding hydrogens is 251 g/mol. The molecule has 5 nitrogen and oxygen atoms in total. The Hall–Kier alpha value is -0.300. The minimum absolute atomic E-state index is 0. The Bertz CT molecular complexity index is 230. The summed E-state index contributed by atoms with van der Waals surface area (Å²) in [6.07, 6.45) is -0.421. The van der Waals surface area contributed by atoms with E-state index in [1.54, 1.807) is 12.3 Å². The number of carboxylic acid groups (broad SMARTS) is 2. The number of rotatable bonds is 0. The van der Waals surface area contributed by atoms with Gasteiger partial charge in [0.2, 0.25) is 6.16 Å². The van der Waals surface area contributed by atoms with E-state index in [0.29, 0.717) is 5.82 Å². The van der Waals surface area contributed by atoms with Crippen molar-refractivity contribution in [3.8, 4) is 0 Å². The fraction of sp³-hybridized carbons (Fsp3) is 0. The Labute approximate surface area is 105 Å². The quantitative estimate of drug-likeness (QED) is 0.493. The van der Waals surface area contributed by atoms with Crippen molar-refractivity contribution < 1.29 is 44.6 Å². The first-order valence-corrected chi connectivity index (χ1v) is 3.58. The molecule has 3 N–H and O–H groups in total. The number of nitrogens with zero attached hydrogens (tertiary/aromatic N) is 1. The molecule has 0 spiro atoms. The number of anilines is 1. The van der Waals surface area contributed by atoms with E-state index in [1.807, 2.05) is 6.07 Å². The molecule has 0 radical (unpaired) electrons. The van der Waals surface area contributed by atoms with Gasteiger partial charge in [0.1, 0.15) is 5.82 Å². The van der Waals surface area contributed by atoms with E-state index in [2.05, 4.69) is 20.9 Å². The van der Waals surface area contributed by atoms with Gasteiger partial charge in [-0.3, -0.25) is 0 Å². The molecule has 0 aliphatic heterocycles. The minimum atomic E-state index is -2.08. The molecule has 1 aromatic rings. The molecule has 0 aliphatic carbocycles. The van der Waals surface area contributed by atoms with Gasteiger partial charge in [-0.2, -0.15) is 0 Å². The molecule has 0 atom stereocenters. The third-order valence-electron chi connectivity index (χ3n) is 0.750. The number of hydrogen-bond donors (Lipinski definition) is 2. The van der Waals surface area contributed by atoms with Crippen LogP contribution in [0.5, 0.6) is 0 Å². The molecule has 13 heavy (non-hydrogen) atoms. The number of pyridine rings is 1. The maximum absolute atomic E-state index is 8.44. The van der Waals surface area contributed by atoms with E-state index in [1.165, 1.54) is 0 Å². The van der Waals surface area contributed by atoms with Gasteiger partial charge < -0.3 is 20.7 Å². The second-order valence-corrected chi connectivity index (χ2v) is 2.58. The van der Waals surface area contributed by atoms with E-state index < -0.39 is 6.16 Å². The maximum Gasteiger partial charge on any atom is 1.00 e. The van der Waals surface area contributed by atoms with Crippen LogP contribution in [0.3, 0.4) is 0 Å². The van der Waals surface area contributed by atoms with Crippen LogP contribution in [0.4, 0.5) is 10.6 Å². The van der Waals surface area contributed by atoms with Crippen molar-refractivity contribution in [3.63, 3.8) is 0 Å². The predicted molar refractivity (Wildman–Crippen MR) is 44.4 cm³/mol. The Balaban J connectivity index is 0. The molecular formula is C6H6BrN2NaO3. The Morgan fingerprint density at radius 3 is 2.31 bits per heavy atom. The molecule has 0 amide bonds. The first-order chi connectivity index (χ1) is 5.52. The summed E-state index contributed by atoms with van der Waals surface area (Å²) >= 11 is 3.23. The Morgan fingerprint density at radius 1 is 1.62 bits per heavy atom. The topological polar surface area (TPSA) is 99.3 Å². The molecule has 1 aromatic heterocycles. The molecule has 1 rings (SSSR count). The minimum Gasteiger partial charge on any atom is -0.565 e. The van der Waals surface area contributed by atoms with Crippen molar-refractivity contribution in [3.05, 3.63) is 22.8 Å². The van der Waals surface area contributed by atoms with Crippen LogP contribution in [0.2, 0.25) is 0 Å². The van der Waals surface area contributed by atoms with Gasteiger partial charge in [-0.05, 0) is 28.1 Å². The van der Waals surface area contributed by atoms with Gasteiger partial charge in [-0.15, -0.1) is 0 Å². The van der Waals surface area contributed by atoms with Crippen molar-refractivity contribution >= 4 is 27.9 Å². The molecule has 0 unspecified atom stereocenters. The fourth-order valence-electron chi connectivity index (χ4n) is 0.387. The van der Waals surface area contributed by atoms with Crippen LogP contribution < -0.4 is 40.4 Å². The number of carbonyl (C=O) groups is 1. The first-order valence-electron chi connectivity index (χ1n) is 2.79. The van der Waals surface area contributed by atoms with Gasteiger partial charge in [0.15, 0.2) is 0 Å². The van der Waals surface area contributed by atoms with Gasteiger partial charge in [-0.25, -0.2) is 4.98 Å². The number of halogens is 1. The van der Waals surface area contributed by atoms with Crippen LogP contribution in [-0.2, 0) is 0 Å². The summed E-state index contributed by atoms with van der Waals surface area (Å²) in [6.45, 7) is 0. The summed E-state index contributed by atoms with van der Waals surface area (Å²) in [5.41, 5.74) is 5.29. The molecule has 0 bridgehead atoms. The number of aromatic nitrogens is 1. The van der Waals surface area contributed by atoms with E-state index >= 15 is 0 Å². The van der Waals surface area contributed by atoms with Gasteiger partial charge in [0.25, 0.3) is 0 Å². The van der Waals surface area contributed by atoms with Gasteiger partial charge >= 0.3 is 29.6 Å². The van der Waals surface area contributed by atoms with Crippen LogP contribution in [0.1, 0.15) is 0 Å². The number of nitrogens with two attached hydrogens (primary N) is 1. The smallest absolute Gasteiger partial charge is 0.565 e. The molecule has 1 heterocycles. The average Bonchev–Trinajstić information content (AvgIpc) is 1.94. The van der Waals surface area contributed by atoms with E-state index in [0.717, 1.165) is 4.47 Å². The zero-order chi connectivity index (χ0) is 9.56. The second-order valence-electron chi connectivity index (χ2n) is 1.67. The summed E-state index contributed by atoms with van der Waals surface area (Å²) in [4.78, 5) is 12.3. The summed E-state index contributed by atoms with van der Waals surface area (Å²) in [6, 6.07) is 3.59. The second kappa shape index (κ2) is 8.31. The maximum atomic E-state index is 8.44. The molecule has 7 heteroatoms. The molecule has 0 saturated heterocycles. The van der Waals surface area contributed by atoms with Crippen molar-refractivity contribution in [1.29, 1.82) is 0 Å². The Kier molecular flexibility index (Phi) is 9.70. The summed E-state index contributed by atoms with van der Waals surface area (Å²) in [7, 11) is 0. The van der Waals surface area contributed by atoms with Crippen LogP contribution in [-0.4, -0.2) is 16.2 Å². The van der Waals surface area contributed by atoms with Gasteiger partial charge in [-0.1, -0.05) is 0 Å². The van der Waals surface area contributed by atoms with E-state index in [4.69, 9.17) is 20.7 Å². The van der Waals surface area contributed by atoms with Crippen LogP contribution in [0.25, 0.3) is 0 Å². The van der Waals surface area contributed by atoms with E-state index in [9.17, 15) is 0 Å². The number of hydrogen-bond acceptors (Lipinski definition) is 4.